The fourth-order valence-electron chi connectivity index (χ4n) is 3.34. The number of nitrogens with zero attached hydrogens (tertiary/aromatic N) is 2. The van der Waals surface area contributed by atoms with Crippen LogP contribution in [-0.2, 0) is 11.2 Å². The van der Waals surface area contributed by atoms with Crippen LogP contribution in [0.3, 0.4) is 0 Å². The molecule has 104 valence electrons. The second-order valence-corrected chi connectivity index (χ2v) is 6.52. The van der Waals surface area contributed by atoms with Crippen LogP contribution in [0.4, 0.5) is 5.13 Å². The maximum absolute atomic E-state index is 11.2. The van der Waals surface area contributed by atoms with Crippen molar-refractivity contribution in [1.82, 2.24) is 4.98 Å². The first kappa shape index (κ1) is 12.9. The van der Waals surface area contributed by atoms with E-state index in [9.17, 15) is 9.90 Å². The van der Waals surface area contributed by atoms with Crippen LogP contribution in [-0.4, -0.2) is 28.6 Å². The Balaban J connectivity index is 1.85. The van der Waals surface area contributed by atoms with Crippen LogP contribution in [0.25, 0.3) is 0 Å². The van der Waals surface area contributed by atoms with Gasteiger partial charge in [0.25, 0.3) is 0 Å². The van der Waals surface area contributed by atoms with Gasteiger partial charge in [-0.25, -0.2) is 4.98 Å². The summed E-state index contributed by atoms with van der Waals surface area (Å²) < 4.78 is 0. The van der Waals surface area contributed by atoms with Crippen molar-refractivity contribution in [2.75, 3.05) is 11.4 Å². The van der Waals surface area contributed by atoms with E-state index in [-0.39, 0.29) is 5.92 Å². The Hall–Kier alpha value is -1.10. The number of aryl methyl sites for hydroxylation is 1. The molecule has 0 aliphatic heterocycles. The van der Waals surface area contributed by atoms with Crippen molar-refractivity contribution in [1.29, 1.82) is 0 Å². The van der Waals surface area contributed by atoms with Gasteiger partial charge in [0.15, 0.2) is 5.13 Å². The van der Waals surface area contributed by atoms with E-state index in [2.05, 4.69) is 16.8 Å². The summed E-state index contributed by atoms with van der Waals surface area (Å²) >= 11 is 1.71. The topological polar surface area (TPSA) is 53.4 Å². The predicted molar refractivity (Wildman–Crippen MR) is 76.1 cm³/mol. The first-order valence-corrected chi connectivity index (χ1v) is 8.01. The minimum atomic E-state index is -0.723. The van der Waals surface area contributed by atoms with Crippen LogP contribution < -0.4 is 4.90 Å². The minimum Gasteiger partial charge on any atom is -0.481 e. The van der Waals surface area contributed by atoms with Crippen molar-refractivity contribution in [3.05, 3.63) is 10.6 Å². The molecule has 1 aromatic rings. The summed E-state index contributed by atoms with van der Waals surface area (Å²) in [5.41, 5.74) is 0.837. The molecule has 0 aromatic carbocycles. The number of rotatable bonds is 4. The molecule has 5 heteroatoms. The molecule has 4 nitrogen and oxygen atoms in total. The zero-order chi connectivity index (χ0) is 13.4. The Morgan fingerprint density at radius 3 is 2.79 bits per heavy atom. The maximum Gasteiger partial charge on any atom is 0.312 e. The van der Waals surface area contributed by atoms with E-state index in [1.165, 1.54) is 30.6 Å². The van der Waals surface area contributed by atoms with Gasteiger partial charge in [-0.1, -0.05) is 12.8 Å². The predicted octanol–water partition coefficient (Wildman–Crippen LogP) is 3.03. The van der Waals surface area contributed by atoms with Crippen molar-refractivity contribution < 1.29 is 9.90 Å². The summed E-state index contributed by atoms with van der Waals surface area (Å²) in [5, 5.41) is 10.3. The van der Waals surface area contributed by atoms with Gasteiger partial charge in [0.05, 0.1) is 5.69 Å². The van der Waals surface area contributed by atoms with E-state index in [0.29, 0.717) is 6.04 Å². The summed E-state index contributed by atoms with van der Waals surface area (Å²) in [6, 6.07) is 0.611. The zero-order valence-electron chi connectivity index (χ0n) is 11.3. The van der Waals surface area contributed by atoms with E-state index in [1.807, 2.05) is 0 Å². The molecule has 2 aliphatic carbocycles. The second kappa shape index (κ2) is 5.12. The van der Waals surface area contributed by atoms with Gasteiger partial charge < -0.3 is 10.0 Å². The molecule has 1 aromatic heterocycles. The lowest BCUT2D eigenvalue weighted by molar-refractivity contribution is -0.138. The van der Waals surface area contributed by atoms with Gasteiger partial charge in [-0.05, 0) is 32.6 Å². The molecule has 2 aliphatic rings. The molecular formula is C14H20N2O2S. The highest BCUT2D eigenvalue weighted by atomic mass is 32.1. The third-order valence-electron chi connectivity index (χ3n) is 4.36. The highest BCUT2D eigenvalue weighted by Crippen LogP contribution is 2.41. The molecule has 1 heterocycles. The summed E-state index contributed by atoms with van der Waals surface area (Å²) in [4.78, 5) is 19.5. The van der Waals surface area contributed by atoms with E-state index in [4.69, 9.17) is 0 Å². The molecule has 1 unspecified atom stereocenters. The van der Waals surface area contributed by atoms with Gasteiger partial charge in [0.2, 0.25) is 0 Å². The number of hydrogen-bond acceptors (Lipinski definition) is 4. The lowest BCUT2D eigenvalue weighted by atomic mass is 10.1. The first-order valence-electron chi connectivity index (χ1n) is 7.19. The fraction of sp³-hybridized carbons (Fsp3) is 0.714. The maximum atomic E-state index is 11.2. The molecule has 1 N–H and O–H groups in total. The smallest absolute Gasteiger partial charge is 0.312 e. The summed E-state index contributed by atoms with van der Waals surface area (Å²) in [6.07, 6.45) is 6.72. The van der Waals surface area contributed by atoms with Gasteiger partial charge in [-0.15, -0.1) is 11.3 Å². The molecule has 0 radical (unpaired) electrons. The van der Waals surface area contributed by atoms with Crippen molar-refractivity contribution in [2.45, 2.75) is 57.4 Å². The summed E-state index contributed by atoms with van der Waals surface area (Å²) in [5.74, 6) is -1.10. The summed E-state index contributed by atoms with van der Waals surface area (Å²) in [6.45, 7) is 3.13. The van der Waals surface area contributed by atoms with Crippen molar-refractivity contribution >= 4 is 22.4 Å². The van der Waals surface area contributed by atoms with E-state index < -0.39 is 5.97 Å². The molecule has 1 atom stereocenters. The van der Waals surface area contributed by atoms with E-state index >= 15 is 0 Å². The highest BCUT2D eigenvalue weighted by molar-refractivity contribution is 7.15. The average molecular weight is 280 g/mol. The third-order valence-corrected chi connectivity index (χ3v) is 5.52. The largest absolute Gasteiger partial charge is 0.481 e. The Kier molecular flexibility index (Phi) is 3.48. The molecule has 0 amide bonds. The number of aliphatic carboxylic acids is 1. The van der Waals surface area contributed by atoms with Gasteiger partial charge >= 0.3 is 5.97 Å². The van der Waals surface area contributed by atoms with Crippen LogP contribution >= 0.6 is 11.3 Å². The van der Waals surface area contributed by atoms with Crippen LogP contribution in [0.1, 0.15) is 55.5 Å². The van der Waals surface area contributed by atoms with E-state index in [0.717, 1.165) is 30.2 Å². The molecule has 1 fully saturated rings. The number of carboxylic acid groups (broad SMARTS) is 1. The molecule has 1 saturated carbocycles. The Bertz CT molecular complexity index is 480. The lowest BCUT2D eigenvalue weighted by Crippen LogP contribution is -2.32. The Morgan fingerprint density at radius 1 is 1.42 bits per heavy atom. The van der Waals surface area contributed by atoms with Crippen LogP contribution in [0.2, 0.25) is 0 Å². The number of carboxylic acids is 1. The van der Waals surface area contributed by atoms with E-state index in [1.54, 1.807) is 11.3 Å². The number of anilines is 1. The lowest BCUT2D eigenvalue weighted by Gasteiger charge is -2.27. The standard InChI is InChI=1S/C14H20N2O2S/c1-2-16(9-5-3-4-6-9)14-15-12-10(13(17)18)7-8-11(12)19-14/h9-10H,2-8H2,1H3,(H,17,18). The number of fused-ring (bicyclic) bond motifs is 1. The van der Waals surface area contributed by atoms with Crippen molar-refractivity contribution in [2.24, 2.45) is 0 Å². The number of carbonyl (C=O) groups is 1. The first-order chi connectivity index (χ1) is 9.20. The Labute approximate surface area is 117 Å². The summed E-state index contributed by atoms with van der Waals surface area (Å²) in [7, 11) is 0. The highest BCUT2D eigenvalue weighted by Gasteiger charge is 2.34. The second-order valence-electron chi connectivity index (χ2n) is 5.46. The van der Waals surface area contributed by atoms with Crippen molar-refractivity contribution in [3.8, 4) is 0 Å². The zero-order valence-corrected chi connectivity index (χ0v) is 12.1. The van der Waals surface area contributed by atoms with Gasteiger partial charge in [0.1, 0.15) is 5.92 Å². The normalized spacial score (nSPS) is 22.7. The average Bonchev–Trinajstić information content (AvgIpc) is 3.03. The number of hydrogen-bond donors (Lipinski definition) is 1. The minimum absolute atomic E-state index is 0.373. The molecule has 19 heavy (non-hydrogen) atoms. The van der Waals surface area contributed by atoms with Gasteiger partial charge in [0, 0.05) is 17.5 Å². The molecule has 0 spiro atoms. The van der Waals surface area contributed by atoms with Crippen molar-refractivity contribution in [3.63, 3.8) is 0 Å². The van der Waals surface area contributed by atoms with Gasteiger partial charge in [-0.2, -0.15) is 0 Å². The molecule has 3 rings (SSSR count). The SMILES string of the molecule is CCN(c1nc2c(s1)CCC2C(=O)O)C1CCCC1. The van der Waals surface area contributed by atoms with Crippen LogP contribution in [0.5, 0.6) is 0 Å². The Morgan fingerprint density at radius 2 is 2.16 bits per heavy atom. The quantitative estimate of drug-likeness (QED) is 0.921. The number of thiazole rings is 1. The van der Waals surface area contributed by atoms with Gasteiger partial charge in [-0.3, -0.25) is 4.79 Å². The number of aromatic nitrogens is 1. The molecule has 0 bridgehead atoms. The third kappa shape index (κ3) is 2.24. The monoisotopic (exact) mass is 280 g/mol. The molecular weight excluding hydrogens is 260 g/mol. The van der Waals surface area contributed by atoms with Crippen LogP contribution in [0, 0.1) is 0 Å². The molecule has 0 saturated heterocycles. The van der Waals surface area contributed by atoms with Crippen LogP contribution in [0.15, 0.2) is 0 Å². The fourth-order valence-corrected chi connectivity index (χ4v) is 4.62.